The van der Waals surface area contributed by atoms with Crippen LogP contribution in [-0.2, 0) is 14.3 Å². The maximum Gasteiger partial charge on any atom is 0.222 e. The van der Waals surface area contributed by atoms with Crippen LogP contribution in [0.4, 0.5) is 0 Å². The standard InChI is InChI=1S/C7H13NO2.C7H15NO.C2H6/c1-2-7(9)8-3-5-10-6-4-8;1-2-3-8-4-6-9-7-5-8;1-2/h2-6H2,1H3;2-7H2,1H3;1-2H3. The van der Waals surface area contributed by atoms with Gasteiger partial charge in [0.1, 0.15) is 0 Å². The second-order valence-corrected chi connectivity index (χ2v) is 4.80. The number of carbonyl (C=O) groups is 1. The lowest BCUT2D eigenvalue weighted by atomic mass is 10.3. The fourth-order valence-electron chi connectivity index (χ4n) is 2.18. The van der Waals surface area contributed by atoms with Gasteiger partial charge in [0.2, 0.25) is 5.91 Å². The van der Waals surface area contributed by atoms with Crippen molar-refractivity contribution in [1.82, 2.24) is 9.80 Å². The van der Waals surface area contributed by atoms with Crippen molar-refractivity contribution in [3.05, 3.63) is 0 Å². The molecule has 1 amide bonds. The van der Waals surface area contributed by atoms with Crippen LogP contribution in [0.25, 0.3) is 0 Å². The van der Waals surface area contributed by atoms with E-state index in [0.29, 0.717) is 19.6 Å². The molecule has 2 saturated heterocycles. The fourth-order valence-corrected chi connectivity index (χ4v) is 2.18. The quantitative estimate of drug-likeness (QED) is 0.800. The third-order valence-electron chi connectivity index (χ3n) is 3.31. The van der Waals surface area contributed by atoms with E-state index in [9.17, 15) is 4.79 Å². The van der Waals surface area contributed by atoms with Crippen LogP contribution >= 0.6 is 0 Å². The monoisotopic (exact) mass is 302 g/mol. The largest absolute Gasteiger partial charge is 0.379 e. The van der Waals surface area contributed by atoms with E-state index in [0.717, 1.165) is 39.4 Å². The second-order valence-electron chi connectivity index (χ2n) is 4.80. The highest BCUT2D eigenvalue weighted by Gasteiger charge is 2.13. The van der Waals surface area contributed by atoms with Gasteiger partial charge in [-0.3, -0.25) is 9.69 Å². The third-order valence-corrected chi connectivity index (χ3v) is 3.31. The SMILES string of the molecule is CC.CCC(=O)N1CCOCC1.CCCN1CCOCC1. The number of carbonyl (C=O) groups excluding carboxylic acids is 1. The summed E-state index contributed by atoms with van der Waals surface area (Å²) in [5.74, 6) is 0.239. The highest BCUT2D eigenvalue weighted by molar-refractivity contribution is 5.75. The Labute approximate surface area is 130 Å². The number of hydrogen-bond acceptors (Lipinski definition) is 4. The molecule has 0 aromatic rings. The average Bonchev–Trinajstić information content (AvgIpc) is 2.58. The Morgan fingerprint density at radius 2 is 1.38 bits per heavy atom. The van der Waals surface area contributed by atoms with Gasteiger partial charge in [-0.05, 0) is 13.0 Å². The maximum atomic E-state index is 11.0. The molecule has 0 bridgehead atoms. The predicted octanol–water partition coefficient (Wildman–Crippen LogP) is 2.01. The molecule has 0 atom stereocenters. The molecule has 2 heterocycles. The van der Waals surface area contributed by atoms with Crippen LogP contribution in [-0.4, -0.2) is 74.9 Å². The van der Waals surface area contributed by atoms with E-state index >= 15 is 0 Å². The van der Waals surface area contributed by atoms with Crippen LogP contribution < -0.4 is 0 Å². The van der Waals surface area contributed by atoms with Gasteiger partial charge in [0, 0.05) is 32.6 Å². The number of rotatable bonds is 3. The topological polar surface area (TPSA) is 42.0 Å². The Kier molecular flexibility index (Phi) is 13.9. The lowest BCUT2D eigenvalue weighted by molar-refractivity contribution is -0.134. The number of hydrogen-bond donors (Lipinski definition) is 0. The zero-order valence-corrected chi connectivity index (χ0v) is 14.4. The first kappa shape index (κ1) is 20.3. The molecule has 5 nitrogen and oxygen atoms in total. The van der Waals surface area contributed by atoms with Gasteiger partial charge in [-0.1, -0.05) is 27.7 Å². The average molecular weight is 302 g/mol. The summed E-state index contributed by atoms with van der Waals surface area (Å²) >= 11 is 0. The van der Waals surface area contributed by atoms with E-state index in [1.165, 1.54) is 13.0 Å². The Morgan fingerprint density at radius 3 is 1.81 bits per heavy atom. The summed E-state index contributed by atoms with van der Waals surface area (Å²) < 4.78 is 10.3. The lowest BCUT2D eigenvalue weighted by Crippen LogP contribution is -2.40. The van der Waals surface area contributed by atoms with Gasteiger partial charge in [0.05, 0.1) is 26.4 Å². The van der Waals surface area contributed by atoms with Crippen LogP contribution in [0, 0.1) is 0 Å². The molecule has 0 N–H and O–H groups in total. The van der Waals surface area contributed by atoms with Crippen LogP contribution in [0.3, 0.4) is 0 Å². The number of morpholine rings is 2. The van der Waals surface area contributed by atoms with E-state index in [1.54, 1.807) is 0 Å². The summed E-state index contributed by atoms with van der Waals surface area (Å²) in [5, 5.41) is 0. The molecular formula is C16H34N2O3. The smallest absolute Gasteiger partial charge is 0.222 e. The molecule has 0 saturated carbocycles. The van der Waals surface area contributed by atoms with Crippen molar-refractivity contribution in [3.8, 4) is 0 Å². The zero-order valence-electron chi connectivity index (χ0n) is 14.4. The highest BCUT2D eigenvalue weighted by Crippen LogP contribution is 1.98. The number of ether oxygens (including phenoxy) is 2. The van der Waals surface area contributed by atoms with Gasteiger partial charge < -0.3 is 14.4 Å². The number of amides is 1. The summed E-state index contributed by atoms with van der Waals surface area (Å²) in [6, 6.07) is 0. The molecule has 0 unspecified atom stereocenters. The van der Waals surface area contributed by atoms with Crippen molar-refractivity contribution in [3.63, 3.8) is 0 Å². The zero-order chi connectivity index (χ0) is 15.9. The lowest BCUT2D eigenvalue weighted by Gasteiger charge is -2.26. The van der Waals surface area contributed by atoms with E-state index in [4.69, 9.17) is 9.47 Å². The molecule has 2 fully saturated rings. The van der Waals surface area contributed by atoms with Gasteiger partial charge in [-0.15, -0.1) is 0 Å². The molecule has 0 aromatic heterocycles. The van der Waals surface area contributed by atoms with Crippen molar-refractivity contribution in [2.45, 2.75) is 40.5 Å². The predicted molar refractivity (Wildman–Crippen MR) is 86.6 cm³/mol. The molecular weight excluding hydrogens is 268 g/mol. The first-order valence-electron chi connectivity index (χ1n) is 8.43. The minimum atomic E-state index is 0.239. The minimum Gasteiger partial charge on any atom is -0.379 e. The molecule has 0 spiro atoms. The molecule has 126 valence electrons. The van der Waals surface area contributed by atoms with Gasteiger partial charge in [-0.2, -0.15) is 0 Å². The van der Waals surface area contributed by atoms with Crippen molar-refractivity contribution < 1.29 is 14.3 Å². The summed E-state index contributed by atoms with van der Waals surface area (Å²) in [7, 11) is 0. The van der Waals surface area contributed by atoms with Crippen LogP contribution in [0.2, 0.25) is 0 Å². The summed E-state index contributed by atoms with van der Waals surface area (Å²) in [6.45, 7) is 16.4. The Balaban J connectivity index is 0.000000342. The summed E-state index contributed by atoms with van der Waals surface area (Å²) in [6.07, 6.45) is 1.87. The van der Waals surface area contributed by atoms with Crippen LogP contribution in [0.5, 0.6) is 0 Å². The van der Waals surface area contributed by atoms with Crippen molar-refractivity contribution in [2.75, 3.05) is 59.2 Å². The van der Waals surface area contributed by atoms with Crippen molar-refractivity contribution >= 4 is 5.91 Å². The van der Waals surface area contributed by atoms with E-state index in [-0.39, 0.29) is 5.91 Å². The first-order chi connectivity index (χ1) is 10.3. The Bertz CT molecular complexity index is 235. The molecule has 2 rings (SSSR count). The minimum absolute atomic E-state index is 0.239. The normalized spacial score (nSPS) is 19.0. The van der Waals surface area contributed by atoms with Crippen LogP contribution in [0.15, 0.2) is 0 Å². The maximum absolute atomic E-state index is 11.0. The summed E-state index contributed by atoms with van der Waals surface area (Å²) in [4.78, 5) is 15.3. The fraction of sp³-hybridized carbons (Fsp3) is 0.938. The third kappa shape index (κ3) is 9.82. The summed E-state index contributed by atoms with van der Waals surface area (Å²) in [5.41, 5.74) is 0. The van der Waals surface area contributed by atoms with Crippen molar-refractivity contribution in [2.24, 2.45) is 0 Å². The van der Waals surface area contributed by atoms with Gasteiger partial charge in [0.15, 0.2) is 0 Å². The van der Waals surface area contributed by atoms with Crippen LogP contribution in [0.1, 0.15) is 40.5 Å². The molecule has 0 radical (unpaired) electrons. The molecule has 0 aliphatic carbocycles. The molecule has 5 heteroatoms. The van der Waals surface area contributed by atoms with E-state index in [1.807, 2.05) is 25.7 Å². The molecule has 0 aromatic carbocycles. The molecule has 21 heavy (non-hydrogen) atoms. The Morgan fingerprint density at radius 1 is 0.905 bits per heavy atom. The first-order valence-corrected chi connectivity index (χ1v) is 8.43. The van der Waals surface area contributed by atoms with E-state index in [2.05, 4.69) is 11.8 Å². The van der Waals surface area contributed by atoms with E-state index < -0.39 is 0 Å². The van der Waals surface area contributed by atoms with Gasteiger partial charge >= 0.3 is 0 Å². The second kappa shape index (κ2) is 14.3. The highest BCUT2D eigenvalue weighted by atomic mass is 16.5. The molecule has 2 aliphatic heterocycles. The molecule has 2 aliphatic rings. The Hall–Kier alpha value is -0.650. The van der Waals surface area contributed by atoms with Crippen molar-refractivity contribution in [1.29, 1.82) is 0 Å². The van der Waals surface area contributed by atoms with Gasteiger partial charge in [-0.25, -0.2) is 0 Å². The number of nitrogens with zero attached hydrogens (tertiary/aromatic N) is 2. The van der Waals surface area contributed by atoms with Gasteiger partial charge in [0.25, 0.3) is 0 Å².